The highest BCUT2D eigenvalue weighted by Crippen LogP contribution is 2.15. The summed E-state index contributed by atoms with van der Waals surface area (Å²) < 4.78 is 26.8. The smallest absolute Gasteiger partial charge is 0.240 e. The van der Waals surface area contributed by atoms with Crippen LogP contribution in [0.25, 0.3) is 0 Å². The van der Waals surface area contributed by atoms with E-state index in [0.717, 1.165) is 19.4 Å². The third-order valence-electron chi connectivity index (χ3n) is 2.74. The van der Waals surface area contributed by atoms with E-state index in [1.807, 2.05) is 0 Å². The summed E-state index contributed by atoms with van der Waals surface area (Å²) in [5.41, 5.74) is 0. The van der Waals surface area contributed by atoms with Gasteiger partial charge in [-0.05, 0) is 43.7 Å². The summed E-state index contributed by atoms with van der Waals surface area (Å²) in [4.78, 5) is 0.257. The number of nitrogens with one attached hydrogen (secondary N) is 2. The van der Waals surface area contributed by atoms with Gasteiger partial charge in [-0.3, -0.25) is 0 Å². The second-order valence-corrected chi connectivity index (χ2v) is 6.27. The van der Waals surface area contributed by atoms with Gasteiger partial charge in [0.25, 0.3) is 0 Å². The standard InChI is InChI=1S/C11H15ClN2O2S.ClH/c12-9-3-5-11(6-4-9)17(15,16)14-10-2-1-7-13-8-10;/h3-6,10,13-14H,1-2,7-8H2;1H/t10-;/m1./s1. The maximum Gasteiger partial charge on any atom is 0.240 e. The highest BCUT2D eigenvalue weighted by Gasteiger charge is 2.21. The molecule has 0 aromatic heterocycles. The van der Waals surface area contributed by atoms with Gasteiger partial charge < -0.3 is 5.32 Å². The minimum absolute atomic E-state index is 0. The quantitative estimate of drug-likeness (QED) is 0.895. The third-order valence-corrected chi connectivity index (χ3v) is 4.53. The molecule has 18 heavy (non-hydrogen) atoms. The molecule has 1 aliphatic heterocycles. The lowest BCUT2D eigenvalue weighted by molar-refractivity contribution is 0.428. The molecule has 2 rings (SSSR count). The molecule has 0 spiro atoms. The van der Waals surface area contributed by atoms with Crippen LogP contribution in [0.3, 0.4) is 0 Å². The Morgan fingerprint density at radius 2 is 1.94 bits per heavy atom. The van der Waals surface area contributed by atoms with E-state index >= 15 is 0 Å². The third kappa shape index (κ3) is 4.10. The summed E-state index contributed by atoms with van der Waals surface area (Å²) in [6.45, 7) is 1.64. The second-order valence-electron chi connectivity index (χ2n) is 4.12. The molecule has 7 heteroatoms. The van der Waals surface area contributed by atoms with Crippen molar-refractivity contribution >= 4 is 34.0 Å². The van der Waals surface area contributed by atoms with Gasteiger partial charge in [0.2, 0.25) is 10.0 Å². The lowest BCUT2D eigenvalue weighted by Crippen LogP contribution is -2.45. The maximum atomic E-state index is 12.0. The van der Waals surface area contributed by atoms with Crippen LogP contribution in [-0.4, -0.2) is 27.5 Å². The Kier molecular flexibility index (Phi) is 5.88. The molecule has 0 radical (unpaired) electrons. The first-order chi connectivity index (χ1) is 8.08. The van der Waals surface area contributed by atoms with Crippen molar-refractivity contribution in [2.24, 2.45) is 0 Å². The number of sulfonamides is 1. The van der Waals surface area contributed by atoms with Gasteiger partial charge in [0.1, 0.15) is 0 Å². The van der Waals surface area contributed by atoms with Crippen molar-refractivity contribution in [1.82, 2.24) is 10.0 Å². The summed E-state index contributed by atoms with van der Waals surface area (Å²) in [5, 5.41) is 3.70. The van der Waals surface area contributed by atoms with Crippen molar-refractivity contribution in [2.45, 2.75) is 23.8 Å². The van der Waals surface area contributed by atoms with E-state index in [0.29, 0.717) is 11.6 Å². The number of benzene rings is 1. The minimum Gasteiger partial charge on any atom is -0.315 e. The lowest BCUT2D eigenvalue weighted by atomic mass is 10.1. The SMILES string of the molecule is Cl.O=S(=O)(N[C@@H]1CCCNC1)c1ccc(Cl)cc1. The summed E-state index contributed by atoms with van der Waals surface area (Å²) >= 11 is 5.73. The highest BCUT2D eigenvalue weighted by atomic mass is 35.5. The summed E-state index contributed by atoms with van der Waals surface area (Å²) in [5.74, 6) is 0. The van der Waals surface area contributed by atoms with E-state index in [9.17, 15) is 8.42 Å². The molecule has 0 aliphatic carbocycles. The Labute approximate surface area is 119 Å². The first-order valence-corrected chi connectivity index (χ1v) is 7.43. The van der Waals surface area contributed by atoms with Crippen LogP contribution in [-0.2, 0) is 10.0 Å². The summed E-state index contributed by atoms with van der Waals surface area (Å²) in [6.07, 6.45) is 1.87. The molecule has 4 nitrogen and oxygen atoms in total. The fourth-order valence-electron chi connectivity index (χ4n) is 1.85. The normalized spacial score (nSPS) is 20.2. The summed E-state index contributed by atoms with van der Waals surface area (Å²) in [6, 6.07) is 6.16. The molecule has 1 saturated heterocycles. The molecular weight excluding hydrogens is 295 g/mol. The summed E-state index contributed by atoms with van der Waals surface area (Å²) in [7, 11) is -3.43. The fourth-order valence-corrected chi connectivity index (χ4v) is 3.25. The van der Waals surface area contributed by atoms with Crippen molar-refractivity contribution in [1.29, 1.82) is 0 Å². The fraction of sp³-hybridized carbons (Fsp3) is 0.455. The molecule has 1 aromatic rings. The zero-order valence-electron chi connectivity index (χ0n) is 9.73. The van der Waals surface area contributed by atoms with Crippen molar-refractivity contribution in [3.63, 3.8) is 0 Å². The zero-order valence-corrected chi connectivity index (χ0v) is 12.1. The van der Waals surface area contributed by atoms with Crippen LogP contribution >= 0.6 is 24.0 Å². The van der Waals surface area contributed by atoms with Gasteiger partial charge in [0.05, 0.1) is 4.90 Å². The van der Waals surface area contributed by atoms with E-state index in [2.05, 4.69) is 10.0 Å². The molecule has 102 valence electrons. The largest absolute Gasteiger partial charge is 0.315 e. The predicted molar refractivity (Wildman–Crippen MR) is 74.9 cm³/mol. The molecule has 0 unspecified atom stereocenters. The van der Waals surface area contributed by atoms with Crippen LogP contribution in [0.2, 0.25) is 5.02 Å². The van der Waals surface area contributed by atoms with E-state index in [-0.39, 0.29) is 23.3 Å². The topological polar surface area (TPSA) is 58.2 Å². The van der Waals surface area contributed by atoms with Crippen LogP contribution in [0.1, 0.15) is 12.8 Å². The van der Waals surface area contributed by atoms with Crippen LogP contribution in [0.15, 0.2) is 29.2 Å². The van der Waals surface area contributed by atoms with Gasteiger partial charge in [-0.2, -0.15) is 0 Å². The predicted octanol–water partition coefficient (Wildman–Crippen LogP) is 1.79. The van der Waals surface area contributed by atoms with E-state index in [1.54, 1.807) is 12.1 Å². The second kappa shape index (κ2) is 6.73. The molecule has 0 saturated carbocycles. The minimum atomic E-state index is -3.43. The number of halogens is 2. The molecule has 0 amide bonds. The van der Waals surface area contributed by atoms with Crippen molar-refractivity contribution in [2.75, 3.05) is 13.1 Å². The van der Waals surface area contributed by atoms with Crippen LogP contribution in [0.5, 0.6) is 0 Å². The van der Waals surface area contributed by atoms with Crippen molar-refractivity contribution in [3.8, 4) is 0 Å². The molecule has 1 heterocycles. The van der Waals surface area contributed by atoms with Gasteiger partial charge in [-0.1, -0.05) is 11.6 Å². The van der Waals surface area contributed by atoms with E-state index in [1.165, 1.54) is 12.1 Å². The first-order valence-electron chi connectivity index (χ1n) is 5.56. The monoisotopic (exact) mass is 310 g/mol. The molecule has 1 atom stereocenters. The Morgan fingerprint density at radius 3 is 2.50 bits per heavy atom. The van der Waals surface area contributed by atoms with Gasteiger partial charge in [0.15, 0.2) is 0 Å². The van der Waals surface area contributed by atoms with E-state index < -0.39 is 10.0 Å². The number of hydrogen-bond donors (Lipinski definition) is 2. The highest BCUT2D eigenvalue weighted by molar-refractivity contribution is 7.89. The molecular formula is C11H16Cl2N2O2S. The molecule has 2 N–H and O–H groups in total. The number of hydrogen-bond acceptors (Lipinski definition) is 3. The van der Waals surface area contributed by atoms with Gasteiger partial charge >= 0.3 is 0 Å². The van der Waals surface area contributed by atoms with Crippen LogP contribution < -0.4 is 10.0 Å². The van der Waals surface area contributed by atoms with Gasteiger partial charge in [-0.15, -0.1) is 12.4 Å². The van der Waals surface area contributed by atoms with Crippen LogP contribution in [0, 0.1) is 0 Å². The van der Waals surface area contributed by atoms with E-state index in [4.69, 9.17) is 11.6 Å². The van der Waals surface area contributed by atoms with Gasteiger partial charge in [-0.25, -0.2) is 13.1 Å². The Morgan fingerprint density at radius 1 is 1.28 bits per heavy atom. The zero-order chi connectivity index (χ0) is 12.3. The molecule has 1 aliphatic rings. The first kappa shape index (κ1) is 15.7. The Balaban J connectivity index is 0.00000162. The molecule has 0 bridgehead atoms. The molecule has 1 aromatic carbocycles. The number of rotatable bonds is 3. The van der Waals surface area contributed by atoms with Crippen molar-refractivity contribution < 1.29 is 8.42 Å². The van der Waals surface area contributed by atoms with Crippen molar-refractivity contribution in [3.05, 3.63) is 29.3 Å². The Hall–Kier alpha value is -0.330. The lowest BCUT2D eigenvalue weighted by Gasteiger charge is -2.23. The van der Waals surface area contributed by atoms with Gasteiger partial charge in [0, 0.05) is 17.6 Å². The average Bonchev–Trinajstić information content (AvgIpc) is 2.30. The maximum absolute atomic E-state index is 12.0. The molecule has 1 fully saturated rings. The van der Waals surface area contributed by atoms with Crippen LogP contribution in [0.4, 0.5) is 0 Å². The Bertz CT molecular complexity index is 470. The number of piperidine rings is 1. The average molecular weight is 311 g/mol.